The van der Waals surface area contributed by atoms with Gasteiger partial charge >= 0.3 is 6.18 Å². The summed E-state index contributed by atoms with van der Waals surface area (Å²) < 4.78 is 42.5. The van der Waals surface area contributed by atoms with E-state index in [4.69, 9.17) is 11.6 Å². The van der Waals surface area contributed by atoms with Crippen LogP contribution >= 0.6 is 11.6 Å². The molecule has 0 amide bonds. The van der Waals surface area contributed by atoms with Gasteiger partial charge in [0.05, 0.1) is 5.69 Å². The number of halogens is 4. The summed E-state index contributed by atoms with van der Waals surface area (Å²) in [6, 6.07) is 2.11. The van der Waals surface area contributed by atoms with Crippen molar-refractivity contribution in [2.75, 3.05) is 7.05 Å². The molecule has 0 spiro atoms. The lowest BCUT2D eigenvalue weighted by Gasteiger charge is -2.10. The highest BCUT2D eigenvalue weighted by molar-refractivity contribution is 7.47. The van der Waals surface area contributed by atoms with Gasteiger partial charge in [-0.1, -0.05) is 11.6 Å². The van der Waals surface area contributed by atoms with E-state index >= 15 is 0 Å². The lowest BCUT2D eigenvalue weighted by atomic mass is 10.1. The molecule has 0 fully saturated rings. The van der Waals surface area contributed by atoms with Crippen molar-refractivity contribution >= 4 is 42.1 Å². The highest BCUT2D eigenvalue weighted by atomic mass is 35.5. The molecule has 0 radical (unpaired) electrons. The van der Waals surface area contributed by atoms with Crippen LogP contribution in [-0.4, -0.2) is 18.3 Å². The van der Waals surface area contributed by atoms with Crippen molar-refractivity contribution in [1.29, 1.82) is 0 Å². The first-order valence-corrected chi connectivity index (χ1v) is 4.80. The first-order valence-electron chi connectivity index (χ1n) is 4.05. The average Bonchev–Trinajstić information content (AvgIpc) is 2.14. The fourth-order valence-electron chi connectivity index (χ4n) is 1.24. The van der Waals surface area contributed by atoms with Gasteiger partial charge in [-0.2, -0.15) is 17.5 Å². The highest BCUT2D eigenvalue weighted by Gasteiger charge is 2.38. The predicted octanol–water partition coefficient (Wildman–Crippen LogP) is 3.70. The van der Waals surface area contributed by atoms with Gasteiger partial charge in [0.1, 0.15) is 24.4 Å². The monoisotopic (exact) mass is 267 g/mol. The topological polar surface area (TPSA) is 15.4 Å². The lowest BCUT2D eigenvalue weighted by Crippen LogP contribution is -2.10. The van der Waals surface area contributed by atoms with Crippen LogP contribution in [0.5, 0.6) is 0 Å². The van der Waals surface area contributed by atoms with Crippen LogP contribution in [0.1, 0.15) is 5.56 Å². The number of hydrogen-bond donors (Lipinski definition) is 0. The average molecular weight is 268 g/mol. The minimum atomic E-state index is -4.53. The van der Waals surface area contributed by atoms with Gasteiger partial charge in [-0.05, 0) is 12.1 Å². The molecule has 0 aliphatic carbocycles. The summed E-state index contributed by atoms with van der Waals surface area (Å²) in [6.45, 7) is 3.39. The number of alkyl halides is 3. The maximum atomic E-state index is 12.7. The molecule has 0 N–H and O–H groups in total. The Morgan fingerprint density at radius 3 is 2.38 bits per heavy atom. The van der Waals surface area contributed by atoms with E-state index in [2.05, 4.69) is 23.5 Å². The molecule has 1 aromatic carbocycles. The molecule has 0 aromatic heterocycles. The summed E-state index contributed by atoms with van der Waals surface area (Å²) in [5, 5.41) is -0.0871. The van der Waals surface area contributed by atoms with E-state index in [1.807, 2.05) is 0 Å². The van der Waals surface area contributed by atoms with Crippen LogP contribution < -0.4 is 0 Å². The fraction of sp³-hybridized carbons (Fsp3) is 0.222. The third-order valence-corrected chi connectivity index (χ3v) is 2.34. The summed E-state index contributed by atoms with van der Waals surface area (Å²) in [5.74, 6) is 0. The van der Waals surface area contributed by atoms with Crippen molar-refractivity contribution in [3.05, 3.63) is 22.7 Å². The number of nitrogens with zero attached hydrogens (tertiary/aromatic N) is 2. The second kappa shape index (κ2) is 4.47. The second-order valence-corrected chi connectivity index (χ2v) is 3.70. The number of rotatable bonds is 2. The van der Waals surface area contributed by atoms with Crippen molar-refractivity contribution in [3.8, 4) is 0 Å². The molecule has 0 unspecified atom stereocenters. The molecule has 1 rings (SSSR count). The Morgan fingerprint density at radius 2 is 2.00 bits per heavy atom. The Bertz CT molecular complexity index is 457. The van der Waals surface area contributed by atoms with E-state index in [0.717, 1.165) is 10.6 Å². The van der Waals surface area contributed by atoms with Crippen molar-refractivity contribution in [1.82, 2.24) is 0 Å². The minimum absolute atomic E-state index is 0.00192. The van der Waals surface area contributed by atoms with E-state index in [1.54, 1.807) is 0 Å². The van der Waals surface area contributed by atoms with Crippen LogP contribution in [0, 0.1) is 0 Å². The van der Waals surface area contributed by atoms with Crippen LogP contribution in [0.2, 0.25) is 5.02 Å². The lowest BCUT2D eigenvalue weighted by molar-refractivity contribution is -0.397. The zero-order valence-electron chi connectivity index (χ0n) is 8.18. The molecule has 0 atom stereocenters. The van der Waals surface area contributed by atoms with E-state index in [-0.39, 0.29) is 16.4 Å². The molecule has 7 heteroatoms. The normalized spacial score (nSPS) is 11.3. The largest absolute Gasteiger partial charge is 0.422 e. The predicted molar refractivity (Wildman–Crippen MR) is 58.9 cm³/mol. The number of hydrogen-bond acceptors (Lipinski definition) is 2. The van der Waals surface area contributed by atoms with E-state index in [1.165, 1.54) is 13.1 Å². The third-order valence-electron chi connectivity index (χ3n) is 1.84. The summed E-state index contributed by atoms with van der Waals surface area (Å²) in [4.78, 5) is 0. The molecule has 1 aromatic rings. The van der Waals surface area contributed by atoms with Crippen molar-refractivity contribution in [3.63, 3.8) is 0 Å². The maximum Gasteiger partial charge on any atom is 0.422 e. The smallest absolute Gasteiger partial charge is 0.206 e. The van der Waals surface area contributed by atoms with Crippen LogP contribution in [0.25, 0.3) is 0 Å². The zero-order valence-corrected chi connectivity index (χ0v) is 9.75. The molecule has 0 saturated heterocycles. The van der Waals surface area contributed by atoms with Gasteiger partial charge in [0, 0.05) is 12.4 Å². The van der Waals surface area contributed by atoms with Gasteiger partial charge in [-0.3, -0.25) is 0 Å². The van der Waals surface area contributed by atoms with Gasteiger partial charge in [-0.25, -0.2) is 4.58 Å². The first kappa shape index (κ1) is 13.1. The molecule has 16 heavy (non-hydrogen) atoms. The molecular formula is C9H7ClF3N2S+. The second-order valence-electron chi connectivity index (χ2n) is 3.11. The van der Waals surface area contributed by atoms with E-state index in [9.17, 15) is 13.2 Å². The third kappa shape index (κ3) is 2.56. The Labute approximate surface area is 101 Å². The standard InChI is InChI=1S/C9H7ClF3N2S/c1-15(2)8-6(9(11,12)13)3-5(14-16)4-7(8)10/h3-4H,1H2,2H3/q+1. The molecule has 0 bridgehead atoms. The quantitative estimate of drug-likeness (QED) is 0.589. The Hall–Kier alpha value is -1.01. The summed E-state index contributed by atoms with van der Waals surface area (Å²) >= 11 is 10.1. The SMILES string of the molecule is C=[N+](C)c1c(Cl)cc(N=S)cc1C(F)(F)F. The zero-order chi connectivity index (χ0) is 12.5. The van der Waals surface area contributed by atoms with Gasteiger partial charge < -0.3 is 0 Å². The molecule has 0 saturated carbocycles. The van der Waals surface area contributed by atoms with E-state index < -0.39 is 11.7 Å². The summed E-state index contributed by atoms with van der Waals surface area (Å²) in [7, 11) is 1.38. The van der Waals surface area contributed by atoms with E-state index in [0.29, 0.717) is 0 Å². The molecule has 86 valence electrons. The molecule has 0 heterocycles. The van der Waals surface area contributed by atoms with Crippen molar-refractivity contribution < 1.29 is 17.7 Å². The Balaban J connectivity index is 3.59. The van der Waals surface area contributed by atoms with Crippen LogP contribution in [0.3, 0.4) is 0 Å². The number of benzene rings is 1. The Morgan fingerprint density at radius 1 is 1.44 bits per heavy atom. The van der Waals surface area contributed by atoms with Crippen molar-refractivity contribution in [2.45, 2.75) is 6.18 Å². The fourth-order valence-corrected chi connectivity index (χ4v) is 1.70. The highest BCUT2D eigenvalue weighted by Crippen LogP contribution is 2.42. The molecule has 2 nitrogen and oxygen atoms in total. The van der Waals surface area contributed by atoms with Crippen molar-refractivity contribution in [2.24, 2.45) is 4.36 Å². The van der Waals surface area contributed by atoms with Gasteiger partial charge in [0.25, 0.3) is 0 Å². The summed E-state index contributed by atoms with van der Waals surface area (Å²) in [6.07, 6.45) is -4.53. The molecule has 0 aliphatic heterocycles. The van der Waals surface area contributed by atoms with Gasteiger partial charge in [0.2, 0.25) is 5.69 Å². The van der Waals surface area contributed by atoms with Gasteiger partial charge in [-0.15, -0.1) is 0 Å². The Kier molecular flexibility index (Phi) is 3.64. The molecule has 0 aliphatic rings. The van der Waals surface area contributed by atoms with Gasteiger partial charge in [0.15, 0.2) is 0 Å². The maximum absolute atomic E-state index is 12.7. The first-order chi connectivity index (χ1) is 7.27. The molecular weight excluding hydrogens is 261 g/mol. The van der Waals surface area contributed by atoms with Crippen LogP contribution in [-0.2, 0) is 18.6 Å². The minimum Gasteiger partial charge on any atom is -0.206 e. The van der Waals surface area contributed by atoms with Crippen LogP contribution in [0.4, 0.5) is 24.5 Å². The summed E-state index contributed by atoms with van der Waals surface area (Å²) in [5.41, 5.74) is -1.10. The van der Waals surface area contributed by atoms with Crippen LogP contribution in [0.15, 0.2) is 16.5 Å².